The van der Waals surface area contributed by atoms with Gasteiger partial charge in [-0.3, -0.25) is 5.32 Å². The smallest absolute Gasteiger partial charge is 0.413 e. The van der Waals surface area contributed by atoms with Crippen molar-refractivity contribution >= 4 is 22.8 Å². The number of hydrogen-bond donors (Lipinski definition) is 2. The van der Waals surface area contributed by atoms with Crippen LogP contribution in [0.5, 0.6) is 0 Å². The van der Waals surface area contributed by atoms with E-state index in [-0.39, 0.29) is 6.61 Å². The number of anilines is 1. The zero-order chi connectivity index (χ0) is 15.4. The van der Waals surface area contributed by atoms with Gasteiger partial charge < -0.3 is 9.72 Å². The molecule has 1 amide bonds. The van der Waals surface area contributed by atoms with E-state index in [1.165, 1.54) is 0 Å². The number of carbonyl (C=O) groups excluding carboxylic acids is 1. The van der Waals surface area contributed by atoms with Crippen molar-refractivity contribution in [1.29, 1.82) is 5.26 Å². The molecule has 0 unspecified atom stereocenters. The van der Waals surface area contributed by atoms with Crippen LogP contribution in [0.15, 0.2) is 54.6 Å². The summed E-state index contributed by atoms with van der Waals surface area (Å²) in [5, 5.41) is 12.6. The van der Waals surface area contributed by atoms with Gasteiger partial charge in [0.25, 0.3) is 0 Å². The SMILES string of the molecule is N#Cc1c(NC(=O)OCc2ccccc2)[nH]c2ccccc12. The molecule has 1 aromatic heterocycles. The average molecular weight is 291 g/mol. The lowest BCUT2D eigenvalue weighted by atomic mass is 10.2. The van der Waals surface area contributed by atoms with Gasteiger partial charge in [-0.15, -0.1) is 0 Å². The maximum Gasteiger partial charge on any atom is 0.413 e. The van der Waals surface area contributed by atoms with Crippen molar-refractivity contribution in [2.75, 3.05) is 5.32 Å². The molecule has 0 saturated heterocycles. The van der Waals surface area contributed by atoms with Crippen LogP contribution in [0.3, 0.4) is 0 Å². The first-order valence-corrected chi connectivity index (χ1v) is 6.76. The van der Waals surface area contributed by atoms with Gasteiger partial charge in [0.2, 0.25) is 0 Å². The van der Waals surface area contributed by atoms with Crippen LogP contribution >= 0.6 is 0 Å². The van der Waals surface area contributed by atoms with Gasteiger partial charge in [-0.1, -0.05) is 48.5 Å². The van der Waals surface area contributed by atoms with E-state index >= 15 is 0 Å². The first-order chi connectivity index (χ1) is 10.8. The summed E-state index contributed by atoms with van der Waals surface area (Å²) >= 11 is 0. The van der Waals surface area contributed by atoms with Crippen molar-refractivity contribution in [3.05, 3.63) is 65.7 Å². The molecule has 0 bridgehead atoms. The van der Waals surface area contributed by atoms with E-state index in [4.69, 9.17) is 4.74 Å². The minimum atomic E-state index is -0.605. The highest BCUT2D eigenvalue weighted by Gasteiger charge is 2.13. The summed E-state index contributed by atoms with van der Waals surface area (Å²) < 4.78 is 5.15. The van der Waals surface area contributed by atoms with Gasteiger partial charge in [0, 0.05) is 10.9 Å². The maximum atomic E-state index is 11.9. The number of rotatable bonds is 3. The third kappa shape index (κ3) is 2.76. The highest BCUT2D eigenvalue weighted by atomic mass is 16.5. The molecule has 0 spiro atoms. The first kappa shape index (κ1) is 13.7. The quantitative estimate of drug-likeness (QED) is 0.770. The number of nitrogens with zero attached hydrogens (tertiary/aromatic N) is 1. The number of aromatic nitrogens is 1. The highest BCUT2D eigenvalue weighted by Crippen LogP contribution is 2.25. The Hall–Kier alpha value is -3.26. The van der Waals surface area contributed by atoms with E-state index in [0.29, 0.717) is 11.4 Å². The van der Waals surface area contributed by atoms with Crippen molar-refractivity contribution < 1.29 is 9.53 Å². The number of benzene rings is 2. The number of carbonyl (C=O) groups is 1. The van der Waals surface area contributed by atoms with E-state index in [2.05, 4.69) is 16.4 Å². The fourth-order valence-electron chi connectivity index (χ4n) is 2.21. The summed E-state index contributed by atoms with van der Waals surface area (Å²) in [4.78, 5) is 14.9. The number of nitriles is 1. The van der Waals surface area contributed by atoms with Crippen LogP contribution in [0.1, 0.15) is 11.1 Å². The third-order valence-corrected chi connectivity index (χ3v) is 3.26. The molecule has 5 heteroatoms. The minimum absolute atomic E-state index is 0.175. The molecule has 0 saturated carbocycles. The topological polar surface area (TPSA) is 77.9 Å². The number of fused-ring (bicyclic) bond motifs is 1. The van der Waals surface area contributed by atoms with Crippen LogP contribution in [0.2, 0.25) is 0 Å². The van der Waals surface area contributed by atoms with Crippen molar-refractivity contribution in [3.63, 3.8) is 0 Å². The maximum absolute atomic E-state index is 11.9. The summed E-state index contributed by atoms with van der Waals surface area (Å²) in [5.74, 6) is 0.349. The Balaban J connectivity index is 1.73. The Morgan fingerprint density at radius 3 is 2.64 bits per heavy atom. The molecule has 0 atom stereocenters. The van der Waals surface area contributed by atoms with Gasteiger partial charge in [-0.05, 0) is 11.6 Å². The van der Waals surface area contributed by atoms with Crippen LogP contribution in [-0.2, 0) is 11.3 Å². The molecular weight excluding hydrogens is 278 g/mol. The lowest BCUT2D eigenvalue weighted by Gasteiger charge is -2.06. The standard InChI is InChI=1S/C17H13N3O2/c18-10-14-13-8-4-5-9-15(13)19-16(14)20-17(21)22-11-12-6-2-1-3-7-12/h1-9,19H,11H2,(H,20,21). The molecule has 0 fully saturated rings. The minimum Gasteiger partial charge on any atom is -0.444 e. The number of ether oxygens (including phenoxy) is 1. The first-order valence-electron chi connectivity index (χ1n) is 6.76. The van der Waals surface area contributed by atoms with Crippen molar-refractivity contribution in [1.82, 2.24) is 4.98 Å². The average Bonchev–Trinajstić information content (AvgIpc) is 2.91. The van der Waals surface area contributed by atoms with Gasteiger partial charge in [0.15, 0.2) is 0 Å². The molecule has 0 aliphatic rings. The van der Waals surface area contributed by atoms with Crippen molar-refractivity contribution in [3.8, 4) is 6.07 Å². The molecular formula is C17H13N3O2. The molecule has 108 valence electrons. The van der Waals surface area contributed by atoms with E-state index < -0.39 is 6.09 Å². The Bertz CT molecular complexity index is 847. The number of hydrogen-bond acceptors (Lipinski definition) is 3. The number of para-hydroxylation sites is 1. The second-order valence-corrected chi connectivity index (χ2v) is 4.72. The normalized spacial score (nSPS) is 10.1. The van der Waals surface area contributed by atoms with E-state index in [1.54, 1.807) is 0 Å². The Morgan fingerprint density at radius 2 is 1.86 bits per heavy atom. The monoisotopic (exact) mass is 291 g/mol. The number of amides is 1. The summed E-state index contributed by atoms with van der Waals surface area (Å²) in [5.41, 5.74) is 2.08. The summed E-state index contributed by atoms with van der Waals surface area (Å²) in [6, 6.07) is 18.9. The molecule has 22 heavy (non-hydrogen) atoms. The van der Waals surface area contributed by atoms with Crippen LogP contribution in [0.25, 0.3) is 10.9 Å². The van der Waals surface area contributed by atoms with Gasteiger partial charge >= 0.3 is 6.09 Å². The van der Waals surface area contributed by atoms with Gasteiger partial charge in [0.1, 0.15) is 24.1 Å². The van der Waals surface area contributed by atoms with Crippen LogP contribution in [-0.4, -0.2) is 11.1 Å². The van der Waals surface area contributed by atoms with Gasteiger partial charge in [-0.2, -0.15) is 5.26 Å². The fourth-order valence-corrected chi connectivity index (χ4v) is 2.21. The van der Waals surface area contributed by atoms with Gasteiger partial charge in [-0.25, -0.2) is 4.79 Å². The van der Waals surface area contributed by atoms with E-state index in [0.717, 1.165) is 16.5 Å². The van der Waals surface area contributed by atoms with Crippen LogP contribution in [0, 0.1) is 11.3 Å². The Morgan fingerprint density at radius 1 is 1.14 bits per heavy atom. The zero-order valence-electron chi connectivity index (χ0n) is 11.7. The molecule has 0 radical (unpaired) electrons. The van der Waals surface area contributed by atoms with Gasteiger partial charge in [0.05, 0.1) is 0 Å². The van der Waals surface area contributed by atoms with Crippen LogP contribution < -0.4 is 5.32 Å². The van der Waals surface area contributed by atoms with Crippen molar-refractivity contribution in [2.24, 2.45) is 0 Å². The zero-order valence-corrected chi connectivity index (χ0v) is 11.7. The molecule has 0 aliphatic carbocycles. The van der Waals surface area contributed by atoms with E-state index in [1.807, 2.05) is 54.6 Å². The Labute approximate surface area is 127 Å². The third-order valence-electron chi connectivity index (χ3n) is 3.26. The number of aromatic amines is 1. The Kier molecular flexibility index (Phi) is 3.75. The van der Waals surface area contributed by atoms with E-state index in [9.17, 15) is 10.1 Å². The lowest BCUT2D eigenvalue weighted by molar-refractivity contribution is 0.155. The molecule has 3 aromatic rings. The molecule has 2 aromatic carbocycles. The lowest BCUT2D eigenvalue weighted by Crippen LogP contribution is -2.14. The number of H-pyrrole nitrogens is 1. The highest BCUT2D eigenvalue weighted by molar-refractivity contribution is 5.96. The summed E-state index contributed by atoms with van der Waals surface area (Å²) in [6.45, 7) is 0.175. The molecule has 2 N–H and O–H groups in total. The molecule has 3 rings (SSSR count). The fraction of sp³-hybridized carbons (Fsp3) is 0.0588. The summed E-state index contributed by atoms with van der Waals surface area (Å²) in [6.07, 6.45) is -0.605. The largest absolute Gasteiger partial charge is 0.444 e. The van der Waals surface area contributed by atoms with Crippen LogP contribution in [0.4, 0.5) is 10.6 Å². The molecule has 1 heterocycles. The van der Waals surface area contributed by atoms with Crippen molar-refractivity contribution in [2.45, 2.75) is 6.61 Å². The predicted molar refractivity (Wildman–Crippen MR) is 83.3 cm³/mol. The summed E-state index contributed by atoms with van der Waals surface area (Å²) in [7, 11) is 0. The second-order valence-electron chi connectivity index (χ2n) is 4.72. The predicted octanol–water partition coefficient (Wildman–Crippen LogP) is 3.79. The molecule has 5 nitrogen and oxygen atoms in total. The molecule has 0 aliphatic heterocycles. The second kappa shape index (κ2) is 6.02. The number of nitrogens with one attached hydrogen (secondary N) is 2.